The highest BCUT2D eigenvalue weighted by atomic mass is 16.3. The molecule has 0 spiro atoms. The number of fused-ring (bicyclic) bond motifs is 3. The van der Waals surface area contributed by atoms with Gasteiger partial charge < -0.3 is 10.4 Å². The van der Waals surface area contributed by atoms with Gasteiger partial charge in [0, 0.05) is 18.9 Å². The second-order valence-corrected chi connectivity index (χ2v) is 5.81. The van der Waals surface area contributed by atoms with Crippen LogP contribution in [0.25, 0.3) is 11.1 Å². The maximum absolute atomic E-state index is 10.4. The van der Waals surface area contributed by atoms with Crippen molar-refractivity contribution in [3.8, 4) is 11.1 Å². The summed E-state index contributed by atoms with van der Waals surface area (Å²) in [5.74, 6) is 0. The van der Waals surface area contributed by atoms with E-state index >= 15 is 0 Å². The number of hydrogen-bond acceptors (Lipinski definition) is 3. The highest BCUT2D eigenvalue weighted by molar-refractivity contribution is 5.78. The Hall–Kier alpha value is -2.49. The zero-order chi connectivity index (χ0) is 15.6. The van der Waals surface area contributed by atoms with Gasteiger partial charge in [0.1, 0.15) is 0 Å². The molecule has 0 aliphatic heterocycles. The van der Waals surface area contributed by atoms with Crippen molar-refractivity contribution in [3.63, 3.8) is 0 Å². The predicted octanol–water partition coefficient (Wildman–Crippen LogP) is 3.47. The average Bonchev–Trinajstić information content (AvgIpc) is 2.94. The van der Waals surface area contributed by atoms with Crippen LogP contribution in [-0.2, 0) is 0 Å². The Kier molecular flexibility index (Phi) is 3.66. The molecule has 1 aliphatic carbocycles. The molecule has 23 heavy (non-hydrogen) atoms. The van der Waals surface area contributed by atoms with Gasteiger partial charge in [0.2, 0.25) is 0 Å². The Morgan fingerprint density at radius 2 is 1.43 bits per heavy atom. The molecule has 3 heteroatoms. The topological polar surface area (TPSA) is 45.1 Å². The van der Waals surface area contributed by atoms with Crippen LogP contribution in [0.4, 0.5) is 0 Å². The van der Waals surface area contributed by atoms with Crippen molar-refractivity contribution in [2.45, 2.75) is 12.1 Å². The van der Waals surface area contributed by atoms with E-state index in [4.69, 9.17) is 0 Å². The highest BCUT2D eigenvalue weighted by Gasteiger charge is 2.27. The van der Waals surface area contributed by atoms with Crippen LogP contribution in [0, 0.1) is 0 Å². The summed E-state index contributed by atoms with van der Waals surface area (Å²) in [5, 5.41) is 13.9. The molecule has 1 aliphatic rings. The van der Waals surface area contributed by atoms with Gasteiger partial charge in [0.15, 0.2) is 0 Å². The first-order valence-corrected chi connectivity index (χ1v) is 7.84. The number of aromatic nitrogens is 1. The van der Waals surface area contributed by atoms with Crippen molar-refractivity contribution < 1.29 is 5.11 Å². The minimum absolute atomic E-state index is 0.124. The first-order valence-electron chi connectivity index (χ1n) is 7.84. The van der Waals surface area contributed by atoms with Crippen molar-refractivity contribution in [1.29, 1.82) is 0 Å². The van der Waals surface area contributed by atoms with Gasteiger partial charge in [-0.1, -0.05) is 48.5 Å². The zero-order valence-corrected chi connectivity index (χ0v) is 12.7. The van der Waals surface area contributed by atoms with E-state index in [9.17, 15) is 5.11 Å². The molecule has 1 heterocycles. The van der Waals surface area contributed by atoms with Crippen molar-refractivity contribution >= 4 is 0 Å². The third-order valence-corrected chi connectivity index (χ3v) is 4.44. The van der Waals surface area contributed by atoms with Crippen molar-refractivity contribution in [3.05, 3.63) is 89.7 Å². The maximum Gasteiger partial charge on any atom is 0.0915 e. The fraction of sp³-hybridized carbons (Fsp3) is 0.150. The van der Waals surface area contributed by atoms with Gasteiger partial charge in [-0.05, 0) is 39.9 Å². The molecule has 0 saturated heterocycles. The molecule has 0 fully saturated rings. The van der Waals surface area contributed by atoms with Crippen molar-refractivity contribution in [2.24, 2.45) is 0 Å². The standard InChI is InChI=1S/C20H18N2O/c23-19(14-9-11-21-12-10-14)13-22-20-17-7-3-1-5-15(17)16-6-2-4-8-18(16)20/h1-12,19-20,22-23H,13H2/t19-/m0/s1. The summed E-state index contributed by atoms with van der Waals surface area (Å²) >= 11 is 0. The van der Waals surface area contributed by atoms with Gasteiger partial charge in [-0.3, -0.25) is 4.98 Å². The van der Waals surface area contributed by atoms with E-state index in [-0.39, 0.29) is 6.04 Å². The lowest BCUT2D eigenvalue weighted by atomic mass is 10.0. The van der Waals surface area contributed by atoms with Crippen LogP contribution in [0.2, 0.25) is 0 Å². The highest BCUT2D eigenvalue weighted by Crippen LogP contribution is 2.43. The second kappa shape index (κ2) is 5.95. The quantitative estimate of drug-likeness (QED) is 0.775. The van der Waals surface area contributed by atoms with Crippen LogP contribution >= 0.6 is 0 Å². The van der Waals surface area contributed by atoms with E-state index < -0.39 is 6.10 Å². The van der Waals surface area contributed by atoms with E-state index in [0.717, 1.165) is 5.56 Å². The predicted molar refractivity (Wildman–Crippen MR) is 90.9 cm³/mol. The lowest BCUT2D eigenvalue weighted by Crippen LogP contribution is -2.26. The molecule has 1 aromatic heterocycles. The minimum atomic E-state index is -0.544. The van der Waals surface area contributed by atoms with E-state index in [1.807, 2.05) is 12.1 Å². The SMILES string of the molecule is O[C@@H](CNC1c2ccccc2-c2ccccc21)c1ccncc1. The third kappa shape index (κ3) is 2.54. The summed E-state index contributed by atoms with van der Waals surface area (Å²) in [6.45, 7) is 0.497. The first kappa shape index (κ1) is 14.1. The lowest BCUT2D eigenvalue weighted by molar-refractivity contribution is 0.172. The number of aliphatic hydroxyl groups is 1. The maximum atomic E-state index is 10.4. The molecule has 0 saturated carbocycles. The molecule has 0 unspecified atom stereocenters. The number of benzene rings is 2. The van der Waals surface area contributed by atoms with E-state index in [2.05, 4.69) is 58.8 Å². The van der Waals surface area contributed by atoms with Crippen molar-refractivity contribution in [2.75, 3.05) is 6.54 Å². The molecule has 4 rings (SSSR count). The molecule has 0 radical (unpaired) electrons. The summed E-state index contributed by atoms with van der Waals surface area (Å²) in [6, 6.07) is 20.7. The number of nitrogens with one attached hydrogen (secondary N) is 1. The van der Waals surface area contributed by atoms with Gasteiger partial charge in [0.25, 0.3) is 0 Å². The average molecular weight is 302 g/mol. The Labute approximate surface area is 135 Å². The van der Waals surface area contributed by atoms with Crippen LogP contribution in [0.15, 0.2) is 73.1 Å². The van der Waals surface area contributed by atoms with Crippen LogP contribution in [-0.4, -0.2) is 16.6 Å². The lowest BCUT2D eigenvalue weighted by Gasteiger charge is -2.19. The van der Waals surface area contributed by atoms with Gasteiger partial charge in [0.05, 0.1) is 12.1 Å². The van der Waals surface area contributed by atoms with Crippen molar-refractivity contribution in [1.82, 2.24) is 10.3 Å². The van der Waals surface area contributed by atoms with Crippen LogP contribution < -0.4 is 5.32 Å². The van der Waals surface area contributed by atoms with Gasteiger partial charge in [-0.25, -0.2) is 0 Å². The largest absolute Gasteiger partial charge is 0.387 e. The summed E-state index contributed by atoms with van der Waals surface area (Å²) in [6.07, 6.45) is 2.87. The Bertz CT molecular complexity index is 771. The molecule has 3 aromatic rings. The number of rotatable bonds is 4. The summed E-state index contributed by atoms with van der Waals surface area (Å²) in [7, 11) is 0. The second-order valence-electron chi connectivity index (χ2n) is 5.81. The first-order chi connectivity index (χ1) is 11.3. The molecular formula is C20H18N2O. The van der Waals surface area contributed by atoms with E-state index in [0.29, 0.717) is 6.54 Å². The van der Waals surface area contributed by atoms with Crippen LogP contribution in [0.5, 0.6) is 0 Å². The summed E-state index contributed by atoms with van der Waals surface area (Å²) in [4.78, 5) is 3.99. The number of hydrogen-bond donors (Lipinski definition) is 2. The molecular weight excluding hydrogens is 284 g/mol. The molecule has 3 nitrogen and oxygen atoms in total. The van der Waals surface area contributed by atoms with Gasteiger partial charge in [-0.15, -0.1) is 0 Å². The molecule has 2 N–H and O–H groups in total. The number of pyridine rings is 1. The number of aliphatic hydroxyl groups excluding tert-OH is 1. The number of nitrogens with zero attached hydrogens (tertiary/aromatic N) is 1. The Morgan fingerprint density at radius 3 is 2.04 bits per heavy atom. The fourth-order valence-corrected chi connectivity index (χ4v) is 3.31. The molecule has 2 aromatic carbocycles. The van der Waals surface area contributed by atoms with E-state index in [1.54, 1.807) is 12.4 Å². The van der Waals surface area contributed by atoms with Gasteiger partial charge in [-0.2, -0.15) is 0 Å². The van der Waals surface area contributed by atoms with Gasteiger partial charge >= 0.3 is 0 Å². The molecule has 114 valence electrons. The molecule has 0 amide bonds. The van der Waals surface area contributed by atoms with E-state index in [1.165, 1.54) is 22.3 Å². The van der Waals surface area contributed by atoms with Crippen LogP contribution in [0.3, 0.4) is 0 Å². The monoisotopic (exact) mass is 302 g/mol. The Balaban J connectivity index is 1.60. The fourth-order valence-electron chi connectivity index (χ4n) is 3.31. The third-order valence-electron chi connectivity index (χ3n) is 4.44. The summed E-state index contributed by atoms with van der Waals surface area (Å²) in [5.41, 5.74) is 5.98. The van der Waals surface area contributed by atoms with Crippen LogP contribution in [0.1, 0.15) is 28.8 Å². The normalized spacial score (nSPS) is 14.3. The molecule has 0 bridgehead atoms. The Morgan fingerprint density at radius 1 is 0.870 bits per heavy atom. The smallest absolute Gasteiger partial charge is 0.0915 e. The minimum Gasteiger partial charge on any atom is -0.387 e. The summed E-state index contributed by atoms with van der Waals surface area (Å²) < 4.78 is 0. The molecule has 1 atom stereocenters. The zero-order valence-electron chi connectivity index (χ0n) is 12.7.